The Balaban J connectivity index is 3.45. The van der Waals surface area contributed by atoms with Gasteiger partial charge >= 0.3 is 0 Å². The summed E-state index contributed by atoms with van der Waals surface area (Å²) in [6, 6.07) is 6.53. The number of Topliss-reactive ketones (excluding diaryl/α,β-unsaturated/α-hetero) is 2. The van der Waals surface area contributed by atoms with E-state index in [0.717, 1.165) is 5.69 Å². The van der Waals surface area contributed by atoms with Crippen LogP contribution in [0.3, 0.4) is 0 Å². The largest absolute Gasteiger partial charge is 0.357 e. The first-order valence-corrected chi connectivity index (χ1v) is 9.32. The van der Waals surface area contributed by atoms with Gasteiger partial charge in [0.05, 0.1) is 13.1 Å². The fraction of sp³-hybridized carbons (Fsp3) is 0.636. The molecular formula is C22H35NO2. The second-order valence-corrected chi connectivity index (χ2v) is 8.91. The highest BCUT2D eigenvalue weighted by molar-refractivity contribution is 5.88. The van der Waals surface area contributed by atoms with Crippen molar-refractivity contribution in [1.29, 1.82) is 0 Å². The molecule has 0 heterocycles. The Morgan fingerprint density at radius 2 is 1.12 bits per heavy atom. The molecule has 0 unspecified atom stereocenters. The molecule has 0 atom stereocenters. The van der Waals surface area contributed by atoms with Crippen molar-refractivity contribution < 1.29 is 9.59 Å². The first kappa shape index (κ1) is 21.4. The van der Waals surface area contributed by atoms with E-state index < -0.39 is 0 Å². The van der Waals surface area contributed by atoms with Crippen LogP contribution in [0.1, 0.15) is 79.4 Å². The highest BCUT2D eigenvalue weighted by Crippen LogP contribution is 2.33. The van der Waals surface area contributed by atoms with E-state index in [1.165, 1.54) is 11.1 Å². The molecule has 25 heavy (non-hydrogen) atoms. The van der Waals surface area contributed by atoms with Crippen molar-refractivity contribution in [3.05, 3.63) is 29.3 Å². The van der Waals surface area contributed by atoms with Gasteiger partial charge in [0.15, 0.2) is 11.6 Å². The van der Waals surface area contributed by atoms with Crippen LogP contribution >= 0.6 is 0 Å². The summed E-state index contributed by atoms with van der Waals surface area (Å²) >= 11 is 0. The molecule has 0 saturated heterocycles. The van der Waals surface area contributed by atoms with Crippen molar-refractivity contribution in [2.45, 2.75) is 79.1 Å². The third-order valence-corrected chi connectivity index (χ3v) is 4.54. The van der Waals surface area contributed by atoms with E-state index in [2.05, 4.69) is 59.7 Å². The Bertz CT molecular complexity index is 568. The molecule has 3 nitrogen and oxygen atoms in total. The van der Waals surface area contributed by atoms with Gasteiger partial charge in [-0.1, -0.05) is 61.5 Å². The molecule has 0 radical (unpaired) electrons. The fourth-order valence-corrected chi connectivity index (χ4v) is 2.55. The molecule has 0 aromatic heterocycles. The predicted octanol–water partition coefficient (Wildman–Crippen LogP) is 5.05. The topological polar surface area (TPSA) is 37.4 Å². The number of rotatable bonds is 7. The standard InChI is InChI=1S/C22H35NO2/c1-9-19(24)14-23(15-20(25)10-2)18-12-16(21(3,4)5)11-17(13-18)22(6,7)8/h11-13H,9-10,14-15H2,1-8H3. The summed E-state index contributed by atoms with van der Waals surface area (Å²) < 4.78 is 0. The normalized spacial score (nSPS) is 12.2. The molecule has 0 spiro atoms. The zero-order chi connectivity index (χ0) is 19.4. The van der Waals surface area contributed by atoms with Crippen LogP contribution in [0.2, 0.25) is 0 Å². The minimum atomic E-state index is 0.00517. The van der Waals surface area contributed by atoms with Gasteiger partial charge < -0.3 is 4.90 Å². The molecule has 1 rings (SSSR count). The second-order valence-electron chi connectivity index (χ2n) is 8.91. The summed E-state index contributed by atoms with van der Waals surface area (Å²) in [5.74, 6) is 0.310. The van der Waals surface area contributed by atoms with Crippen LogP contribution in [0.25, 0.3) is 0 Å². The second kappa shape index (κ2) is 8.16. The van der Waals surface area contributed by atoms with E-state index in [1.807, 2.05) is 18.7 Å². The van der Waals surface area contributed by atoms with Crippen LogP contribution in [0, 0.1) is 0 Å². The molecule has 1 aromatic carbocycles. The number of benzene rings is 1. The number of hydrogen-bond acceptors (Lipinski definition) is 3. The van der Waals surface area contributed by atoms with Crippen molar-refractivity contribution in [3.63, 3.8) is 0 Å². The zero-order valence-corrected chi connectivity index (χ0v) is 17.3. The first-order valence-electron chi connectivity index (χ1n) is 9.32. The molecule has 1 aromatic rings. The fourth-order valence-electron chi connectivity index (χ4n) is 2.55. The molecule has 0 aliphatic rings. The Labute approximate surface area is 153 Å². The molecule has 0 amide bonds. The third-order valence-electron chi connectivity index (χ3n) is 4.54. The van der Waals surface area contributed by atoms with E-state index in [4.69, 9.17) is 0 Å². The van der Waals surface area contributed by atoms with E-state index in [9.17, 15) is 9.59 Å². The summed E-state index contributed by atoms with van der Waals surface area (Å²) in [6.07, 6.45) is 0.976. The number of carbonyl (C=O) groups is 2. The quantitative estimate of drug-likeness (QED) is 0.694. The Morgan fingerprint density at radius 1 is 0.760 bits per heavy atom. The van der Waals surface area contributed by atoms with Gasteiger partial charge in [0, 0.05) is 18.5 Å². The summed E-state index contributed by atoms with van der Waals surface area (Å²) in [6.45, 7) is 17.5. The van der Waals surface area contributed by atoms with Crippen LogP contribution < -0.4 is 4.90 Å². The molecule has 3 heteroatoms. The Hall–Kier alpha value is -1.64. The summed E-state index contributed by atoms with van der Waals surface area (Å²) in [5, 5.41) is 0. The monoisotopic (exact) mass is 345 g/mol. The van der Waals surface area contributed by atoms with Gasteiger partial charge in [-0.15, -0.1) is 0 Å². The van der Waals surface area contributed by atoms with Crippen molar-refractivity contribution in [2.24, 2.45) is 0 Å². The third kappa shape index (κ3) is 6.30. The summed E-state index contributed by atoms with van der Waals surface area (Å²) in [5.41, 5.74) is 3.44. The van der Waals surface area contributed by atoms with Crippen LogP contribution in [-0.4, -0.2) is 24.7 Å². The van der Waals surface area contributed by atoms with Crippen LogP contribution in [0.5, 0.6) is 0 Å². The molecule has 0 bridgehead atoms. The lowest BCUT2D eigenvalue weighted by atomic mass is 9.80. The number of anilines is 1. The minimum absolute atomic E-state index is 0.00517. The van der Waals surface area contributed by atoms with E-state index in [1.54, 1.807) is 0 Å². The number of ketones is 2. The van der Waals surface area contributed by atoms with E-state index >= 15 is 0 Å². The Morgan fingerprint density at radius 3 is 1.40 bits per heavy atom. The maximum Gasteiger partial charge on any atom is 0.151 e. The lowest BCUT2D eigenvalue weighted by molar-refractivity contribution is -0.118. The lowest BCUT2D eigenvalue weighted by Gasteiger charge is -2.30. The van der Waals surface area contributed by atoms with Gasteiger partial charge in [-0.05, 0) is 34.1 Å². The molecular weight excluding hydrogens is 310 g/mol. The zero-order valence-electron chi connectivity index (χ0n) is 17.3. The first-order chi connectivity index (χ1) is 11.4. The van der Waals surface area contributed by atoms with E-state index in [0.29, 0.717) is 25.9 Å². The van der Waals surface area contributed by atoms with Crippen molar-refractivity contribution in [3.8, 4) is 0 Å². The summed E-state index contributed by atoms with van der Waals surface area (Å²) in [4.78, 5) is 26.1. The van der Waals surface area contributed by atoms with Gasteiger partial charge in [0.25, 0.3) is 0 Å². The highest BCUT2D eigenvalue weighted by Gasteiger charge is 2.23. The molecule has 0 fully saturated rings. The number of hydrogen-bond donors (Lipinski definition) is 0. The van der Waals surface area contributed by atoms with Gasteiger partial charge in [0.1, 0.15) is 0 Å². The van der Waals surface area contributed by atoms with Gasteiger partial charge in [-0.25, -0.2) is 0 Å². The SMILES string of the molecule is CCC(=O)CN(CC(=O)CC)c1cc(C(C)(C)C)cc(C(C)(C)C)c1. The smallest absolute Gasteiger partial charge is 0.151 e. The number of nitrogens with zero attached hydrogens (tertiary/aromatic N) is 1. The van der Waals surface area contributed by atoms with Gasteiger partial charge in [-0.2, -0.15) is 0 Å². The van der Waals surface area contributed by atoms with Crippen molar-refractivity contribution in [1.82, 2.24) is 0 Å². The van der Waals surface area contributed by atoms with Gasteiger partial charge in [-0.3, -0.25) is 9.59 Å². The average Bonchev–Trinajstić information content (AvgIpc) is 2.51. The average molecular weight is 346 g/mol. The lowest BCUT2D eigenvalue weighted by Crippen LogP contribution is -2.35. The highest BCUT2D eigenvalue weighted by atomic mass is 16.1. The molecule has 0 aliphatic heterocycles. The summed E-state index contributed by atoms with van der Waals surface area (Å²) in [7, 11) is 0. The van der Waals surface area contributed by atoms with Crippen molar-refractivity contribution >= 4 is 17.3 Å². The van der Waals surface area contributed by atoms with Crippen LogP contribution in [0.15, 0.2) is 18.2 Å². The predicted molar refractivity (Wildman–Crippen MR) is 107 cm³/mol. The van der Waals surface area contributed by atoms with Crippen LogP contribution in [-0.2, 0) is 20.4 Å². The van der Waals surface area contributed by atoms with Gasteiger partial charge in [0.2, 0.25) is 0 Å². The number of carbonyl (C=O) groups excluding carboxylic acids is 2. The van der Waals surface area contributed by atoms with E-state index in [-0.39, 0.29) is 22.4 Å². The maximum atomic E-state index is 12.1. The minimum Gasteiger partial charge on any atom is -0.357 e. The maximum absolute atomic E-state index is 12.1. The molecule has 0 aliphatic carbocycles. The molecule has 140 valence electrons. The molecule has 0 N–H and O–H groups in total. The van der Waals surface area contributed by atoms with Crippen LogP contribution in [0.4, 0.5) is 5.69 Å². The molecule has 0 saturated carbocycles. The van der Waals surface area contributed by atoms with Crippen molar-refractivity contribution in [2.75, 3.05) is 18.0 Å². The Kier molecular flexibility index (Phi) is 6.99.